The lowest BCUT2D eigenvalue weighted by Crippen LogP contribution is -2.23. The Kier molecular flexibility index (Phi) is 5.85. The van der Waals surface area contributed by atoms with E-state index >= 15 is 0 Å². The van der Waals surface area contributed by atoms with Crippen LogP contribution in [0.2, 0.25) is 5.15 Å². The fourth-order valence-electron chi connectivity index (χ4n) is 2.67. The molecule has 2 aromatic rings. The van der Waals surface area contributed by atoms with E-state index in [1.165, 1.54) is 10.0 Å². The summed E-state index contributed by atoms with van der Waals surface area (Å²) in [6, 6.07) is 8.39. The second-order valence-electron chi connectivity index (χ2n) is 5.40. The third-order valence-electron chi connectivity index (χ3n) is 3.72. The summed E-state index contributed by atoms with van der Waals surface area (Å²) in [5.41, 5.74) is 3.51. The van der Waals surface area contributed by atoms with Gasteiger partial charge < -0.3 is 5.32 Å². The molecule has 0 aliphatic rings. The SMILES string of the molecule is CNCC(Cc1ccccc1Br)Cc1c(C)nn(C)c1Cl. The maximum Gasteiger partial charge on any atom is 0.130 e. The first kappa shape index (κ1) is 16.5. The molecule has 0 aliphatic carbocycles. The fourth-order valence-corrected chi connectivity index (χ4v) is 3.37. The first-order chi connectivity index (χ1) is 10.0. The van der Waals surface area contributed by atoms with Gasteiger partial charge in [0.05, 0.1) is 5.69 Å². The van der Waals surface area contributed by atoms with Gasteiger partial charge in [0.2, 0.25) is 0 Å². The van der Waals surface area contributed by atoms with E-state index in [2.05, 4.69) is 44.5 Å². The van der Waals surface area contributed by atoms with Crippen molar-refractivity contribution in [2.75, 3.05) is 13.6 Å². The van der Waals surface area contributed by atoms with E-state index in [4.69, 9.17) is 11.6 Å². The van der Waals surface area contributed by atoms with Crippen LogP contribution >= 0.6 is 27.5 Å². The summed E-state index contributed by atoms with van der Waals surface area (Å²) < 4.78 is 2.92. The summed E-state index contributed by atoms with van der Waals surface area (Å²) in [7, 11) is 3.88. The molecule has 0 saturated heterocycles. The number of aromatic nitrogens is 2. The summed E-state index contributed by atoms with van der Waals surface area (Å²) in [6.07, 6.45) is 1.94. The molecule has 1 unspecified atom stereocenters. The molecular formula is C16H21BrClN3. The average molecular weight is 371 g/mol. The van der Waals surface area contributed by atoms with Gasteiger partial charge in [0.15, 0.2) is 0 Å². The molecule has 0 bridgehead atoms. The molecule has 1 N–H and O–H groups in total. The van der Waals surface area contributed by atoms with E-state index in [-0.39, 0.29) is 0 Å². The van der Waals surface area contributed by atoms with Crippen molar-refractivity contribution in [2.45, 2.75) is 19.8 Å². The molecule has 0 fully saturated rings. The lowest BCUT2D eigenvalue weighted by molar-refractivity contribution is 0.491. The maximum atomic E-state index is 6.36. The van der Waals surface area contributed by atoms with Gasteiger partial charge in [0.1, 0.15) is 5.15 Å². The van der Waals surface area contributed by atoms with E-state index in [9.17, 15) is 0 Å². The molecule has 0 radical (unpaired) electrons. The smallest absolute Gasteiger partial charge is 0.130 e. The highest BCUT2D eigenvalue weighted by Gasteiger charge is 2.18. The number of nitrogens with one attached hydrogen (secondary N) is 1. The van der Waals surface area contributed by atoms with Crippen molar-refractivity contribution in [2.24, 2.45) is 13.0 Å². The largest absolute Gasteiger partial charge is 0.319 e. The minimum atomic E-state index is 0.481. The Morgan fingerprint density at radius 2 is 2.05 bits per heavy atom. The number of nitrogens with zero attached hydrogens (tertiary/aromatic N) is 2. The van der Waals surface area contributed by atoms with Gasteiger partial charge in [-0.1, -0.05) is 45.7 Å². The van der Waals surface area contributed by atoms with Crippen LogP contribution in [0.3, 0.4) is 0 Å². The standard InChI is InChI=1S/C16H21BrClN3/c1-11-14(16(18)21(3)20-11)9-12(10-19-2)8-13-6-4-5-7-15(13)17/h4-7,12,19H,8-10H2,1-3H3. The monoisotopic (exact) mass is 369 g/mol. The number of hydrogen-bond acceptors (Lipinski definition) is 2. The molecule has 0 spiro atoms. The third kappa shape index (κ3) is 4.09. The summed E-state index contributed by atoms with van der Waals surface area (Å²) in [4.78, 5) is 0. The van der Waals surface area contributed by atoms with Gasteiger partial charge in [-0.15, -0.1) is 0 Å². The Morgan fingerprint density at radius 3 is 2.62 bits per heavy atom. The van der Waals surface area contributed by atoms with Crippen molar-refractivity contribution in [3.8, 4) is 0 Å². The van der Waals surface area contributed by atoms with E-state index in [0.29, 0.717) is 5.92 Å². The van der Waals surface area contributed by atoms with Crippen LogP contribution in [0.4, 0.5) is 0 Å². The first-order valence-electron chi connectivity index (χ1n) is 7.09. The molecule has 1 heterocycles. The number of benzene rings is 1. The van der Waals surface area contributed by atoms with Gasteiger partial charge in [-0.25, -0.2) is 0 Å². The van der Waals surface area contributed by atoms with Gasteiger partial charge in [-0.3, -0.25) is 4.68 Å². The lowest BCUT2D eigenvalue weighted by atomic mass is 9.92. The Balaban J connectivity index is 2.18. The zero-order valence-electron chi connectivity index (χ0n) is 12.7. The number of aryl methyl sites for hydroxylation is 2. The van der Waals surface area contributed by atoms with Gasteiger partial charge in [-0.2, -0.15) is 5.10 Å². The van der Waals surface area contributed by atoms with Crippen molar-refractivity contribution >= 4 is 27.5 Å². The van der Waals surface area contributed by atoms with Crippen LogP contribution < -0.4 is 5.32 Å². The predicted octanol–water partition coefficient (Wildman–Crippen LogP) is 3.77. The van der Waals surface area contributed by atoms with Crippen molar-refractivity contribution in [1.82, 2.24) is 15.1 Å². The van der Waals surface area contributed by atoms with E-state index in [1.54, 1.807) is 4.68 Å². The molecule has 21 heavy (non-hydrogen) atoms. The fraction of sp³-hybridized carbons (Fsp3) is 0.438. The highest BCUT2D eigenvalue weighted by atomic mass is 79.9. The topological polar surface area (TPSA) is 29.9 Å². The van der Waals surface area contributed by atoms with Crippen LogP contribution in [0.1, 0.15) is 16.8 Å². The third-order valence-corrected chi connectivity index (χ3v) is 4.97. The maximum absolute atomic E-state index is 6.36. The molecule has 2 rings (SSSR count). The molecule has 1 aromatic carbocycles. The molecule has 1 aromatic heterocycles. The first-order valence-corrected chi connectivity index (χ1v) is 8.26. The van der Waals surface area contributed by atoms with E-state index < -0.39 is 0 Å². The highest BCUT2D eigenvalue weighted by Crippen LogP contribution is 2.25. The Labute approximate surface area is 139 Å². The van der Waals surface area contributed by atoms with Gasteiger partial charge in [0, 0.05) is 17.1 Å². The van der Waals surface area contributed by atoms with Crippen LogP contribution in [0, 0.1) is 12.8 Å². The van der Waals surface area contributed by atoms with Crippen LogP contribution in [0.15, 0.2) is 28.7 Å². The Hall–Kier alpha value is -0.840. The molecule has 0 amide bonds. The van der Waals surface area contributed by atoms with Crippen LogP contribution in [-0.4, -0.2) is 23.4 Å². The average Bonchev–Trinajstić information content (AvgIpc) is 2.68. The molecule has 114 valence electrons. The molecule has 5 heteroatoms. The minimum absolute atomic E-state index is 0.481. The summed E-state index contributed by atoms with van der Waals surface area (Å²) >= 11 is 9.99. The second kappa shape index (κ2) is 7.43. The van der Waals surface area contributed by atoms with E-state index in [1.807, 2.05) is 27.1 Å². The summed E-state index contributed by atoms with van der Waals surface area (Å²) in [5.74, 6) is 0.481. The summed E-state index contributed by atoms with van der Waals surface area (Å²) in [5, 5.41) is 8.44. The molecule has 0 saturated carbocycles. The quantitative estimate of drug-likeness (QED) is 0.839. The normalized spacial score (nSPS) is 12.6. The van der Waals surface area contributed by atoms with Crippen molar-refractivity contribution in [3.05, 3.63) is 50.7 Å². The highest BCUT2D eigenvalue weighted by molar-refractivity contribution is 9.10. The summed E-state index contributed by atoms with van der Waals surface area (Å²) in [6.45, 7) is 2.97. The number of halogens is 2. The van der Waals surface area contributed by atoms with Crippen LogP contribution in [-0.2, 0) is 19.9 Å². The molecule has 1 atom stereocenters. The molecule has 3 nitrogen and oxygen atoms in total. The predicted molar refractivity (Wildman–Crippen MR) is 91.9 cm³/mol. The Morgan fingerprint density at radius 1 is 1.33 bits per heavy atom. The molecule has 0 aliphatic heterocycles. The van der Waals surface area contributed by atoms with Crippen LogP contribution in [0.5, 0.6) is 0 Å². The zero-order chi connectivity index (χ0) is 15.4. The van der Waals surface area contributed by atoms with Crippen LogP contribution in [0.25, 0.3) is 0 Å². The number of hydrogen-bond donors (Lipinski definition) is 1. The number of rotatable bonds is 6. The van der Waals surface area contributed by atoms with Gasteiger partial charge in [-0.05, 0) is 50.9 Å². The van der Waals surface area contributed by atoms with Crippen molar-refractivity contribution < 1.29 is 0 Å². The molecular weight excluding hydrogens is 350 g/mol. The van der Waals surface area contributed by atoms with Crippen molar-refractivity contribution in [1.29, 1.82) is 0 Å². The van der Waals surface area contributed by atoms with Gasteiger partial charge >= 0.3 is 0 Å². The van der Waals surface area contributed by atoms with Crippen molar-refractivity contribution in [3.63, 3.8) is 0 Å². The van der Waals surface area contributed by atoms with E-state index in [0.717, 1.165) is 35.8 Å². The zero-order valence-corrected chi connectivity index (χ0v) is 15.0. The van der Waals surface area contributed by atoms with Gasteiger partial charge in [0.25, 0.3) is 0 Å². The second-order valence-corrected chi connectivity index (χ2v) is 6.61. The Bertz CT molecular complexity index is 610. The minimum Gasteiger partial charge on any atom is -0.319 e. The lowest BCUT2D eigenvalue weighted by Gasteiger charge is -2.17.